The Morgan fingerprint density at radius 1 is 1.05 bits per heavy atom. The summed E-state index contributed by atoms with van der Waals surface area (Å²) in [7, 11) is 1.75. The number of amides is 2. The smallest absolute Gasteiger partial charge is 0.295 e. The van der Waals surface area contributed by atoms with E-state index in [1.54, 1.807) is 36.9 Å². The van der Waals surface area contributed by atoms with E-state index in [0.717, 1.165) is 32.1 Å². The second-order valence-electron chi connectivity index (χ2n) is 8.96. The maximum Gasteiger partial charge on any atom is 0.295 e. The zero-order valence-corrected chi connectivity index (χ0v) is 20.8. The number of nitriles is 1. The van der Waals surface area contributed by atoms with Gasteiger partial charge in [0, 0.05) is 18.7 Å². The van der Waals surface area contributed by atoms with Gasteiger partial charge in [-0.1, -0.05) is 43.5 Å². The van der Waals surface area contributed by atoms with Crippen molar-refractivity contribution < 1.29 is 9.59 Å². The summed E-state index contributed by atoms with van der Waals surface area (Å²) in [6.07, 6.45) is 5.06. The summed E-state index contributed by atoms with van der Waals surface area (Å²) in [5.74, 6) is -1.00. The monoisotopic (exact) mass is 499 g/mol. The first-order valence-corrected chi connectivity index (χ1v) is 12.2. The number of benzene rings is 2. The molecular formula is C27H29N7O3. The highest BCUT2D eigenvalue weighted by atomic mass is 16.2. The summed E-state index contributed by atoms with van der Waals surface area (Å²) in [6, 6.07) is 17.5. The van der Waals surface area contributed by atoms with Gasteiger partial charge in [0.15, 0.2) is 0 Å². The number of anilines is 2. The van der Waals surface area contributed by atoms with Gasteiger partial charge in [0.25, 0.3) is 17.4 Å². The van der Waals surface area contributed by atoms with Gasteiger partial charge in [-0.15, -0.1) is 0 Å². The van der Waals surface area contributed by atoms with Gasteiger partial charge in [0.05, 0.1) is 17.1 Å². The standard InChI is InChI=1S/C27H29N7O3/c1-18-24(27(37)34(33(18)2)22-14-7-4-8-15-22)30-25(35)19-10-9-13-21(16-19)31-32-23(17-28)26(36)29-20-11-5-3-6-12-20/h4,7-10,13-16,20,31H,3,5-6,11-12H2,1-2H3,(H,29,36)(H,30,35). The van der Waals surface area contributed by atoms with Crippen molar-refractivity contribution in [1.29, 1.82) is 5.26 Å². The summed E-state index contributed by atoms with van der Waals surface area (Å²) < 4.78 is 3.17. The number of hydrazone groups is 1. The van der Waals surface area contributed by atoms with Crippen LogP contribution in [0.3, 0.4) is 0 Å². The minimum atomic E-state index is -0.523. The van der Waals surface area contributed by atoms with Crippen LogP contribution in [0.15, 0.2) is 64.5 Å². The van der Waals surface area contributed by atoms with E-state index >= 15 is 0 Å². The van der Waals surface area contributed by atoms with Gasteiger partial charge in [-0.05, 0) is 50.1 Å². The summed E-state index contributed by atoms with van der Waals surface area (Å²) in [6.45, 7) is 1.75. The Bertz CT molecular complexity index is 1420. The van der Waals surface area contributed by atoms with Crippen molar-refractivity contribution in [3.05, 3.63) is 76.2 Å². The SMILES string of the molecule is Cc1c(NC(=O)c2cccc(NN=C(C#N)C(=O)NC3CCCCC3)c2)c(=O)n(-c2ccccc2)n1C. The first-order valence-electron chi connectivity index (χ1n) is 12.2. The maximum absolute atomic E-state index is 13.1. The number of carbonyl (C=O) groups is 2. The average Bonchev–Trinajstić information content (AvgIpc) is 3.13. The number of carbonyl (C=O) groups excluding carboxylic acids is 2. The number of hydrogen-bond donors (Lipinski definition) is 3. The number of para-hydroxylation sites is 1. The van der Waals surface area contributed by atoms with Gasteiger partial charge < -0.3 is 10.6 Å². The third-order valence-corrected chi connectivity index (χ3v) is 6.48. The van der Waals surface area contributed by atoms with Crippen molar-refractivity contribution in [2.24, 2.45) is 12.1 Å². The molecule has 37 heavy (non-hydrogen) atoms. The molecule has 0 atom stereocenters. The quantitative estimate of drug-likeness (QED) is 0.338. The molecule has 0 unspecified atom stereocenters. The van der Waals surface area contributed by atoms with Crippen LogP contribution >= 0.6 is 0 Å². The van der Waals surface area contributed by atoms with Crippen molar-refractivity contribution in [3.63, 3.8) is 0 Å². The second kappa shape index (κ2) is 11.4. The fraction of sp³-hybridized carbons (Fsp3) is 0.296. The van der Waals surface area contributed by atoms with E-state index in [1.807, 2.05) is 36.4 Å². The molecule has 1 saturated carbocycles. The Morgan fingerprint density at radius 2 is 1.78 bits per heavy atom. The van der Waals surface area contributed by atoms with Crippen LogP contribution < -0.4 is 21.6 Å². The van der Waals surface area contributed by atoms with Crippen LogP contribution in [0.2, 0.25) is 0 Å². The zero-order chi connectivity index (χ0) is 26.4. The molecular weight excluding hydrogens is 470 g/mol. The normalized spacial score (nSPS) is 14.0. The molecule has 3 aromatic rings. The Balaban J connectivity index is 1.48. The van der Waals surface area contributed by atoms with Gasteiger partial charge in [0.2, 0.25) is 5.71 Å². The highest BCUT2D eigenvalue weighted by molar-refractivity contribution is 6.45. The lowest BCUT2D eigenvalue weighted by atomic mass is 9.95. The third kappa shape index (κ3) is 5.78. The first-order chi connectivity index (χ1) is 17.9. The maximum atomic E-state index is 13.1. The van der Waals surface area contributed by atoms with Crippen LogP contribution in [0.1, 0.15) is 48.2 Å². The van der Waals surface area contributed by atoms with Crippen molar-refractivity contribution in [2.75, 3.05) is 10.7 Å². The predicted octanol–water partition coefficient (Wildman–Crippen LogP) is 3.48. The van der Waals surface area contributed by atoms with E-state index in [2.05, 4.69) is 21.2 Å². The summed E-state index contributed by atoms with van der Waals surface area (Å²) in [5, 5.41) is 18.9. The van der Waals surface area contributed by atoms with Crippen LogP contribution in [0.5, 0.6) is 0 Å². The zero-order valence-electron chi connectivity index (χ0n) is 20.8. The molecule has 0 bridgehead atoms. The highest BCUT2D eigenvalue weighted by Gasteiger charge is 2.20. The molecule has 2 amide bonds. The molecule has 0 aliphatic heterocycles. The van der Waals surface area contributed by atoms with Crippen LogP contribution in [0, 0.1) is 18.3 Å². The first kappa shape index (κ1) is 25.4. The molecule has 3 N–H and O–H groups in total. The summed E-state index contributed by atoms with van der Waals surface area (Å²) >= 11 is 0. The van der Waals surface area contributed by atoms with Crippen molar-refractivity contribution >= 4 is 28.9 Å². The molecule has 0 spiro atoms. The van der Waals surface area contributed by atoms with Gasteiger partial charge in [-0.25, -0.2) is 4.68 Å². The molecule has 1 fully saturated rings. The molecule has 4 rings (SSSR count). The minimum absolute atomic E-state index is 0.0553. The van der Waals surface area contributed by atoms with Crippen LogP contribution in [0.25, 0.3) is 5.69 Å². The molecule has 0 saturated heterocycles. The number of nitrogens with zero attached hydrogens (tertiary/aromatic N) is 4. The number of hydrogen-bond acceptors (Lipinski definition) is 6. The minimum Gasteiger partial charge on any atom is -0.347 e. The molecule has 2 aromatic carbocycles. The lowest BCUT2D eigenvalue weighted by Gasteiger charge is -2.22. The predicted molar refractivity (Wildman–Crippen MR) is 142 cm³/mol. The topological polar surface area (TPSA) is 133 Å². The molecule has 1 aliphatic rings. The van der Waals surface area contributed by atoms with Gasteiger partial charge in [-0.3, -0.25) is 24.5 Å². The molecule has 190 valence electrons. The van der Waals surface area contributed by atoms with Gasteiger partial charge in [0.1, 0.15) is 11.8 Å². The van der Waals surface area contributed by atoms with E-state index < -0.39 is 11.8 Å². The Hall–Kier alpha value is -4.65. The fourth-order valence-corrected chi connectivity index (χ4v) is 4.38. The number of rotatable bonds is 7. The molecule has 1 heterocycles. The third-order valence-electron chi connectivity index (χ3n) is 6.48. The molecule has 1 aliphatic carbocycles. The Labute approximate surface area is 214 Å². The van der Waals surface area contributed by atoms with Crippen LogP contribution in [0.4, 0.5) is 11.4 Å². The van der Waals surface area contributed by atoms with Crippen LogP contribution in [-0.4, -0.2) is 32.9 Å². The van der Waals surface area contributed by atoms with E-state index in [4.69, 9.17) is 0 Å². The number of aromatic nitrogens is 2. The molecule has 0 radical (unpaired) electrons. The van der Waals surface area contributed by atoms with Crippen molar-refractivity contribution in [2.45, 2.75) is 45.1 Å². The Morgan fingerprint density at radius 3 is 2.49 bits per heavy atom. The van der Waals surface area contributed by atoms with Gasteiger partial charge >= 0.3 is 0 Å². The van der Waals surface area contributed by atoms with Crippen LogP contribution in [-0.2, 0) is 11.8 Å². The van der Waals surface area contributed by atoms with E-state index in [1.165, 1.54) is 10.7 Å². The lowest BCUT2D eigenvalue weighted by Crippen LogP contribution is -2.40. The van der Waals surface area contributed by atoms with E-state index in [9.17, 15) is 19.6 Å². The second-order valence-corrected chi connectivity index (χ2v) is 8.96. The Kier molecular flexibility index (Phi) is 7.83. The fourth-order valence-electron chi connectivity index (χ4n) is 4.38. The lowest BCUT2D eigenvalue weighted by molar-refractivity contribution is -0.115. The average molecular weight is 500 g/mol. The van der Waals surface area contributed by atoms with E-state index in [-0.39, 0.29) is 28.6 Å². The van der Waals surface area contributed by atoms with Gasteiger partial charge in [-0.2, -0.15) is 10.4 Å². The largest absolute Gasteiger partial charge is 0.347 e. The molecule has 10 nitrogen and oxygen atoms in total. The summed E-state index contributed by atoms with van der Waals surface area (Å²) in [4.78, 5) is 38.5. The van der Waals surface area contributed by atoms with Crippen molar-refractivity contribution in [3.8, 4) is 11.8 Å². The molecule has 1 aromatic heterocycles. The molecule has 10 heteroatoms. The van der Waals surface area contributed by atoms with Crippen molar-refractivity contribution in [1.82, 2.24) is 14.7 Å². The van der Waals surface area contributed by atoms with E-state index in [0.29, 0.717) is 17.1 Å². The summed E-state index contributed by atoms with van der Waals surface area (Å²) in [5.41, 5.74) is 4.20. The number of nitrogens with one attached hydrogen (secondary N) is 3. The highest BCUT2D eigenvalue weighted by Crippen LogP contribution is 2.18.